The molecule has 0 unspecified atom stereocenters. The Kier molecular flexibility index (Phi) is 17.3. The second kappa shape index (κ2) is 18.0. The zero-order chi connectivity index (χ0) is 27.0. The van der Waals surface area contributed by atoms with Crippen LogP contribution >= 0.6 is 0 Å². The molecule has 1 aliphatic rings. The lowest BCUT2D eigenvalue weighted by atomic mass is 10.4. The summed E-state index contributed by atoms with van der Waals surface area (Å²) in [5.74, 6) is 0. The smallest absolute Gasteiger partial charge is 0.374 e. The number of hydrogen-bond acceptors (Lipinski definition) is 8. The Hall–Kier alpha value is 0.548. The van der Waals surface area contributed by atoms with Crippen LogP contribution in [0.1, 0.15) is 107 Å². The fraction of sp³-hybridized carbons (Fsp3) is 1.00. The van der Waals surface area contributed by atoms with Crippen LogP contribution in [-0.2, 0) is 34.2 Å². The zero-order valence-corrected chi connectivity index (χ0v) is 28.6. The molecule has 0 aliphatic carbocycles. The summed E-state index contributed by atoms with van der Waals surface area (Å²) in [6.07, 6.45) is 7.88. The van der Waals surface area contributed by atoms with Gasteiger partial charge in [0.15, 0.2) is 0 Å². The molecule has 0 spiro atoms. The molecular weight excluding hydrogens is 529 g/mol. The highest BCUT2D eigenvalue weighted by Crippen LogP contribution is 2.39. The van der Waals surface area contributed by atoms with Gasteiger partial charge >= 0.3 is 35.2 Å². The number of unbranched alkanes of at least 4 members (excludes halogenated alkanes) is 4. The third-order valence-electron chi connectivity index (χ3n) is 6.26. The molecule has 0 N–H and O–H groups in total. The third kappa shape index (κ3) is 10.6. The maximum Gasteiger partial charge on any atom is 0.485 e. The van der Waals surface area contributed by atoms with Gasteiger partial charge in [-0.05, 0) is 25.7 Å². The first-order chi connectivity index (χ1) is 17.3. The van der Waals surface area contributed by atoms with Gasteiger partial charge in [0.1, 0.15) is 0 Å². The van der Waals surface area contributed by atoms with E-state index in [0.29, 0.717) is 50.6 Å². The Balaban J connectivity index is 3.57. The predicted octanol–water partition coefficient (Wildman–Crippen LogP) is 7.17. The minimum atomic E-state index is -3.23. The van der Waals surface area contributed by atoms with Crippen molar-refractivity contribution in [2.24, 2.45) is 0 Å². The lowest BCUT2D eigenvalue weighted by Crippen LogP contribution is -2.73. The van der Waals surface area contributed by atoms with E-state index in [1.807, 2.05) is 0 Å². The van der Waals surface area contributed by atoms with Gasteiger partial charge in [0.05, 0.1) is 0 Å². The SMILES string of the molecule is CCCCO[Si]1(CC)O[Si](CC)(OCCCC)O[Si](CC)(OCCCC)O[Si](CC)(OCCCC)O1. The minimum absolute atomic E-state index is 0.576. The molecule has 0 atom stereocenters. The summed E-state index contributed by atoms with van der Waals surface area (Å²) in [6, 6.07) is 2.44. The maximum absolute atomic E-state index is 7.00. The second-order valence-electron chi connectivity index (χ2n) is 9.36. The molecule has 36 heavy (non-hydrogen) atoms. The van der Waals surface area contributed by atoms with Crippen LogP contribution in [-0.4, -0.2) is 61.6 Å². The van der Waals surface area contributed by atoms with Gasteiger partial charge < -0.3 is 34.2 Å². The van der Waals surface area contributed by atoms with E-state index >= 15 is 0 Å². The molecule has 0 amide bonds. The Labute approximate surface area is 226 Å². The normalized spacial score (nSPS) is 31.3. The molecule has 216 valence electrons. The third-order valence-corrected chi connectivity index (χ3v) is 22.2. The molecule has 1 aliphatic heterocycles. The first-order valence-electron chi connectivity index (χ1n) is 14.7. The molecule has 1 saturated heterocycles. The van der Waals surface area contributed by atoms with E-state index in [-0.39, 0.29) is 0 Å². The summed E-state index contributed by atoms with van der Waals surface area (Å²) in [6.45, 7) is 19.2. The molecule has 0 saturated carbocycles. The fourth-order valence-corrected chi connectivity index (χ4v) is 22.6. The van der Waals surface area contributed by atoms with Crippen LogP contribution in [0.25, 0.3) is 0 Å². The average Bonchev–Trinajstić information content (AvgIpc) is 2.88. The van der Waals surface area contributed by atoms with Crippen molar-refractivity contribution < 1.29 is 34.2 Å². The highest BCUT2D eigenvalue weighted by atomic mass is 28.6. The van der Waals surface area contributed by atoms with Gasteiger partial charge in [0, 0.05) is 50.6 Å². The summed E-state index contributed by atoms with van der Waals surface area (Å²) in [4.78, 5) is 0. The van der Waals surface area contributed by atoms with E-state index in [1.165, 1.54) is 0 Å². The highest BCUT2D eigenvalue weighted by Gasteiger charge is 2.66. The molecule has 8 nitrogen and oxygen atoms in total. The largest absolute Gasteiger partial charge is 0.485 e. The molecule has 0 bridgehead atoms. The second-order valence-corrected chi connectivity index (χ2v) is 22.1. The number of rotatable bonds is 20. The van der Waals surface area contributed by atoms with Gasteiger partial charge in [0.25, 0.3) is 0 Å². The zero-order valence-electron chi connectivity index (χ0n) is 24.6. The maximum atomic E-state index is 7.00. The monoisotopic (exact) mass is 584 g/mol. The van der Waals surface area contributed by atoms with Crippen LogP contribution in [0.2, 0.25) is 24.2 Å². The summed E-state index contributed by atoms with van der Waals surface area (Å²) in [5, 5.41) is 0. The molecule has 0 aromatic heterocycles. The minimum Gasteiger partial charge on any atom is -0.374 e. The van der Waals surface area contributed by atoms with Gasteiger partial charge in [-0.25, -0.2) is 0 Å². The Morgan fingerprint density at radius 3 is 0.694 bits per heavy atom. The van der Waals surface area contributed by atoms with Crippen molar-refractivity contribution in [2.75, 3.05) is 26.4 Å². The van der Waals surface area contributed by atoms with Crippen molar-refractivity contribution in [3.8, 4) is 0 Å². The van der Waals surface area contributed by atoms with Crippen molar-refractivity contribution in [3.63, 3.8) is 0 Å². The van der Waals surface area contributed by atoms with Gasteiger partial charge in [-0.3, -0.25) is 0 Å². The first kappa shape index (κ1) is 34.6. The van der Waals surface area contributed by atoms with Crippen LogP contribution < -0.4 is 0 Å². The molecule has 0 aromatic carbocycles. The predicted molar refractivity (Wildman–Crippen MR) is 153 cm³/mol. The standard InChI is InChI=1S/C24H56O8Si4/c1-9-17-21-25-33(13-5)29-34(14-6,26-22-18-10-2)31-36(16-8,28-24-20-12-4)32-35(15-7,30-33)27-23-19-11-3/h9-24H2,1-8H3. The molecule has 0 aromatic rings. The van der Waals surface area contributed by atoms with E-state index < -0.39 is 35.2 Å². The Morgan fingerprint density at radius 2 is 0.556 bits per heavy atom. The van der Waals surface area contributed by atoms with Crippen LogP contribution in [0, 0.1) is 0 Å². The van der Waals surface area contributed by atoms with Gasteiger partial charge in [-0.15, -0.1) is 0 Å². The first-order valence-corrected chi connectivity index (χ1v) is 22.4. The average molecular weight is 585 g/mol. The fourth-order valence-electron chi connectivity index (χ4n) is 3.74. The number of hydrogen-bond donors (Lipinski definition) is 0. The quantitative estimate of drug-likeness (QED) is 0.110. The summed E-state index contributed by atoms with van der Waals surface area (Å²) in [7, 11) is -12.9. The van der Waals surface area contributed by atoms with Crippen LogP contribution in [0.4, 0.5) is 0 Å². The summed E-state index contributed by atoms with van der Waals surface area (Å²) < 4.78 is 54.2. The lowest BCUT2D eigenvalue weighted by molar-refractivity contribution is 0.0131. The van der Waals surface area contributed by atoms with E-state index in [9.17, 15) is 0 Å². The van der Waals surface area contributed by atoms with Crippen LogP contribution in [0.5, 0.6) is 0 Å². The van der Waals surface area contributed by atoms with Crippen molar-refractivity contribution in [1.29, 1.82) is 0 Å². The highest BCUT2D eigenvalue weighted by molar-refractivity contribution is 6.89. The van der Waals surface area contributed by atoms with E-state index in [0.717, 1.165) is 51.4 Å². The van der Waals surface area contributed by atoms with Crippen LogP contribution in [0.3, 0.4) is 0 Å². The van der Waals surface area contributed by atoms with Gasteiger partial charge in [-0.2, -0.15) is 0 Å². The molecule has 12 heteroatoms. The Bertz CT molecular complexity index is 468. The van der Waals surface area contributed by atoms with E-state index in [2.05, 4.69) is 55.4 Å². The molecule has 1 fully saturated rings. The molecule has 1 rings (SSSR count). The van der Waals surface area contributed by atoms with Crippen LogP contribution in [0.15, 0.2) is 0 Å². The summed E-state index contributed by atoms with van der Waals surface area (Å²) in [5.41, 5.74) is 0. The lowest BCUT2D eigenvalue weighted by Gasteiger charge is -2.49. The summed E-state index contributed by atoms with van der Waals surface area (Å²) >= 11 is 0. The van der Waals surface area contributed by atoms with Crippen molar-refractivity contribution in [2.45, 2.75) is 131 Å². The van der Waals surface area contributed by atoms with Gasteiger partial charge in [0.2, 0.25) is 0 Å². The van der Waals surface area contributed by atoms with Crippen molar-refractivity contribution >= 4 is 35.2 Å². The van der Waals surface area contributed by atoms with E-state index in [1.54, 1.807) is 0 Å². The van der Waals surface area contributed by atoms with Crippen molar-refractivity contribution in [1.82, 2.24) is 0 Å². The topological polar surface area (TPSA) is 73.8 Å². The Morgan fingerprint density at radius 1 is 0.361 bits per heavy atom. The van der Waals surface area contributed by atoms with Crippen molar-refractivity contribution in [3.05, 3.63) is 0 Å². The molecule has 0 radical (unpaired) electrons. The molecule has 1 heterocycles. The van der Waals surface area contributed by atoms with Gasteiger partial charge in [-0.1, -0.05) is 81.1 Å². The molecular formula is C24H56O8Si4. The van der Waals surface area contributed by atoms with E-state index in [4.69, 9.17) is 34.2 Å².